The number of benzene rings is 1. The van der Waals surface area contributed by atoms with Gasteiger partial charge in [0, 0.05) is 30.9 Å². The molecule has 2 rings (SSSR count). The Morgan fingerprint density at radius 1 is 1.05 bits per heavy atom. The summed E-state index contributed by atoms with van der Waals surface area (Å²) in [6.45, 7) is 17.0. The minimum Gasteiger partial charge on any atom is -0.369 e. The van der Waals surface area contributed by atoms with Gasteiger partial charge >= 0.3 is 0 Å². The Bertz CT molecular complexity index is 442. The Morgan fingerprint density at radius 3 is 2.42 bits per heavy atom. The third-order valence-electron chi connectivity index (χ3n) is 4.17. The van der Waals surface area contributed by atoms with Crippen LogP contribution in [0, 0.1) is 19.3 Å². The molecule has 0 spiro atoms. The van der Waals surface area contributed by atoms with Crippen molar-refractivity contribution in [2.24, 2.45) is 5.41 Å². The van der Waals surface area contributed by atoms with Gasteiger partial charge in [-0.1, -0.05) is 26.0 Å². The summed E-state index contributed by atoms with van der Waals surface area (Å²) in [7, 11) is 0. The van der Waals surface area contributed by atoms with Crippen molar-refractivity contribution < 1.29 is 0 Å². The van der Waals surface area contributed by atoms with E-state index in [1.54, 1.807) is 0 Å². The first-order chi connectivity index (χ1) is 8.70. The van der Waals surface area contributed by atoms with Crippen molar-refractivity contribution in [3.8, 4) is 0 Å². The maximum Gasteiger partial charge on any atom is 0.0399 e. The van der Waals surface area contributed by atoms with Crippen molar-refractivity contribution in [1.29, 1.82) is 0 Å². The Labute approximate surface area is 118 Å². The third-order valence-corrected chi connectivity index (χ3v) is 4.17. The summed E-state index contributed by atoms with van der Waals surface area (Å²) in [5, 5.41) is 3.70. The summed E-state index contributed by atoms with van der Waals surface area (Å²) < 4.78 is 0. The van der Waals surface area contributed by atoms with Crippen LogP contribution in [0.25, 0.3) is 0 Å². The maximum atomic E-state index is 3.70. The highest BCUT2D eigenvalue weighted by Gasteiger charge is 2.33. The summed E-state index contributed by atoms with van der Waals surface area (Å²) in [4.78, 5) is 2.56. The van der Waals surface area contributed by atoms with Crippen molar-refractivity contribution in [3.63, 3.8) is 0 Å². The van der Waals surface area contributed by atoms with E-state index in [0.717, 1.165) is 19.6 Å². The lowest BCUT2D eigenvalue weighted by Gasteiger charge is -2.34. The fourth-order valence-electron chi connectivity index (χ4n) is 2.89. The van der Waals surface area contributed by atoms with Gasteiger partial charge in [0.25, 0.3) is 0 Å². The van der Waals surface area contributed by atoms with E-state index in [2.05, 4.69) is 70.0 Å². The predicted molar refractivity (Wildman–Crippen MR) is 84.0 cm³/mol. The van der Waals surface area contributed by atoms with Crippen molar-refractivity contribution in [1.82, 2.24) is 5.32 Å². The van der Waals surface area contributed by atoms with E-state index in [1.165, 1.54) is 16.8 Å². The molecule has 0 saturated carbocycles. The molecular weight excluding hydrogens is 232 g/mol. The van der Waals surface area contributed by atoms with E-state index in [1.807, 2.05) is 0 Å². The molecule has 0 radical (unpaired) electrons. The highest BCUT2D eigenvalue weighted by molar-refractivity contribution is 5.56. The highest BCUT2D eigenvalue weighted by Crippen LogP contribution is 2.30. The van der Waals surface area contributed by atoms with E-state index in [4.69, 9.17) is 0 Å². The van der Waals surface area contributed by atoms with Crippen LogP contribution in [0.1, 0.15) is 38.8 Å². The van der Waals surface area contributed by atoms with Crippen molar-refractivity contribution >= 4 is 5.69 Å². The summed E-state index contributed by atoms with van der Waals surface area (Å²) in [6, 6.07) is 6.64. The zero-order valence-corrected chi connectivity index (χ0v) is 13.3. The first-order valence-corrected chi connectivity index (χ1v) is 7.26. The second-order valence-corrected chi connectivity index (χ2v) is 7.48. The van der Waals surface area contributed by atoms with Crippen LogP contribution in [-0.4, -0.2) is 25.2 Å². The lowest BCUT2D eigenvalue weighted by molar-refractivity contribution is 0.332. The zero-order valence-electron chi connectivity index (χ0n) is 13.3. The Morgan fingerprint density at radius 2 is 1.74 bits per heavy atom. The fourth-order valence-corrected chi connectivity index (χ4v) is 2.89. The Balaban J connectivity index is 2.38. The number of nitrogens with one attached hydrogen (secondary N) is 1. The molecule has 0 atom stereocenters. The fraction of sp³-hybridized carbons (Fsp3) is 0.647. The van der Waals surface area contributed by atoms with Crippen LogP contribution in [0.2, 0.25) is 0 Å². The van der Waals surface area contributed by atoms with E-state index in [-0.39, 0.29) is 5.54 Å². The van der Waals surface area contributed by atoms with Crippen LogP contribution < -0.4 is 10.2 Å². The number of anilines is 1. The van der Waals surface area contributed by atoms with Crippen LogP contribution in [0.5, 0.6) is 0 Å². The van der Waals surface area contributed by atoms with Gasteiger partial charge in [-0.3, -0.25) is 0 Å². The van der Waals surface area contributed by atoms with Gasteiger partial charge < -0.3 is 10.2 Å². The van der Waals surface area contributed by atoms with Crippen molar-refractivity contribution in [3.05, 3.63) is 29.3 Å². The predicted octanol–water partition coefficient (Wildman–Crippen LogP) is 3.52. The minimum atomic E-state index is 0.157. The van der Waals surface area contributed by atoms with Gasteiger partial charge in [-0.25, -0.2) is 0 Å². The van der Waals surface area contributed by atoms with Gasteiger partial charge in [-0.05, 0) is 50.3 Å². The molecule has 2 nitrogen and oxygen atoms in total. The van der Waals surface area contributed by atoms with Gasteiger partial charge in [-0.15, -0.1) is 0 Å². The largest absolute Gasteiger partial charge is 0.369 e. The molecule has 1 aliphatic rings. The van der Waals surface area contributed by atoms with Gasteiger partial charge in [0.15, 0.2) is 0 Å². The quantitative estimate of drug-likeness (QED) is 0.831. The highest BCUT2D eigenvalue weighted by atomic mass is 15.2. The normalized spacial score (nSPS) is 22.1. The molecule has 0 unspecified atom stereocenters. The molecule has 1 fully saturated rings. The molecule has 1 aromatic carbocycles. The first-order valence-electron chi connectivity index (χ1n) is 7.26. The number of nitrogens with zero attached hydrogens (tertiary/aromatic N) is 1. The number of hydrogen-bond acceptors (Lipinski definition) is 2. The van der Waals surface area contributed by atoms with Crippen LogP contribution in [0.3, 0.4) is 0 Å². The first kappa shape index (κ1) is 14.4. The molecular formula is C17H28N2. The average molecular weight is 260 g/mol. The maximum absolute atomic E-state index is 3.70. The lowest BCUT2D eigenvalue weighted by atomic mass is 9.92. The molecule has 1 N–H and O–H groups in total. The minimum absolute atomic E-state index is 0.157. The Hall–Kier alpha value is -1.02. The van der Waals surface area contributed by atoms with Gasteiger partial charge in [-0.2, -0.15) is 0 Å². The van der Waals surface area contributed by atoms with Crippen LogP contribution in [0.4, 0.5) is 5.69 Å². The topological polar surface area (TPSA) is 15.3 Å². The number of aryl methyl sites for hydroxylation is 1. The average Bonchev–Trinajstić information content (AvgIpc) is 2.39. The van der Waals surface area contributed by atoms with Crippen molar-refractivity contribution in [2.75, 3.05) is 24.5 Å². The Kier molecular flexibility index (Phi) is 3.65. The lowest BCUT2D eigenvalue weighted by Crippen LogP contribution is -2.46. The van der Waals surface area contributed by atoms with E-state index < -0.39 is 0 Å². The summed E-state index contributed by atoms with van der Waals surface area (Å²) in [5.74, 6) is 0. The second kappa shape index (κ2) is 4.82. The molecule has 0 aromatic heterocycles. The molecule has 0 bridgehead atoms. The van der Waals surface area contributed by atoms with E-state index in [0.29, 0.717) is 5.41 Å². The van der Waals surface area contributed by atoms with Crippen LogP contribution >= 0.6 is 0 Å². The van der Waals surface area contributed by atoms with E-state index in [9.17, 15) is 0 Å². The molecule has 0 amide bonds. The van der Waals surface area contributed by atoms with Crippen molar-refractivity contribution in [2.45, 2.75) is 47.1 Å². The van der Waals surface area contributed by atoms with Gasteiger partial charge in [0.2, 0.25) is 0 Å². The molecule has 19 heavy (non-hydrogen) atoms. The standard InChI is InChI=1S/C17H28N2/c1-13-8-7-9-15(14(13)2)19-11-16(3,4)10-18-17(5,6)12-19/h7-9,18H,10-12H2,1-6H3. The third kappa shape index (κ3) is 3.30. The van der Waals surface area contributed by atoms with E-state index >= 15 is 0 Å². The SMILES string of the molecule is Cc1cccc(N2CC(C)(C)CNC(C)(C)C2)c1C. The number of rotatable bonds is 1. The summed E-state index contributed by atoms with van der Waals surface area (Å²) >= 11 is 0. The molecule has 1 saturated heterocycles. The van der Waals surface area contributed by atoms with Crippen LogP contribution in [0.15, 0.2) is 18.2 Å². The van der Waals surface area contributed by atoms with Crippen LogP contribution in [-0.2, 0) is 0 Å². The van der Waals surface area contributed by atoms with Gasteiger partial charge in [0.1, 0.15) is 0 Å². The molecule has 1 aliphatic heterocycles. The molecule has 2 heteroatoms. The monoisotopic (exact) mass is 260 g/mol. The van der Waals surface area contributed by atoms with Gasteiger partial charge in [0.05, 0.1) is 0 Å². The smallest absolute Gasteiger partial charge is 0.0399 e. The summed E-state index contributed by atoms with van der Waals surface area (Å²) in [6.07, 6.45) is 0. The molecule has 1 heterocycles. The molecule has 106 valence electrons. The number of hydrogen-bond donors (Lipinski definition) is 1. The molecule has 1 aromatic rings. The summed E-state index contributed by atoms with van der Waals surface area (Å²) in [5.41, 5.74) is 4.64. The molecule has 0 aliphatic carbocycles. The zero-order chi connectivity index (χ0) is 14.3. The second-order valence-electron chi connectivity index (χ2n) is 7.48.